The lowest BCUT2D eigenvalue weighted by molar-refractivity contribution is 0.491. The summed E-state index contributed by atoms with van der Waals surface area (Å²) in [5.74, 6) is 1.76. The van der Waals surface area contributed by atoms with Crippen LogP contribution in [-0.2, 0) is 6.54 Å². The van der Waals surface area contributed by atoms with Gasteiger partial charge in [-0.3, -0.25) is 0 Å². The molecule has 1 unspecified atom stereocenters. The Labute approximate surface area is 111 Å². The van der Waals surface area contributed by atoms with Crippen LogP contribution in [0, 0.1) is 12.8 Å². The minimum Gasteiger partial charge on any atom is -0.394 e. The van der Waals surface area contributed by atoms with E-state index in [1.54, 1.807) is 0 Å². The number of hydrogen-bond donors (Lipinski definition) is 1. The number of aryl methyl sites for hydroxylation is 2. The highest BCUT2D eigenvalue weighted by Gasteiger charge is 2.20. The summed E-state index contributed by atoms with van der Waals surface area (Å²) in [5, 5.41) is 4.53. The maximum Gasteiger partial charge on any atom is 0.150 e. The van der Waals surface area contributed by atoms with Crippen LogP contribution in [0.4, 0.5) is 11.5 Å². The lowest BCUT2D eigenvalue weighted by Gasteiger charge is -2.29. The number of anilines is 2. The molecule has 0 aliphatic rings. The fraction of sp³-hybridized carbons (Fsp3) is 0.786. The topological polar surface area (TPSA) is 47.1 Å². The third-order valence-corrected chi connectivity index (χ3v) is 3.39. The summed E-state index contributed by atoms with van der Waals surface area (Å²) in [4.78, 5) is 2.27. The van der Waals surface area contributed by atoms with E-state index in [2.05, 4.69) is 44.7 Å². The second kappa shape index (κ2) is 6.12. The number of hydrogen-bond acceptors (Lipinski definition) is 3. The van der Waals surface area contributed by atoms with Gasteiger partial charge in [0.1, 0.15) is 0 Å². The first-order valence-electron chi connectivity index (χ1n) is 6.94. The third kappa shape index (κ3) is 3.18. The standard InChI is InChI=1S/C14H28N4/c1-7-8-18-14(13(15)12(5)16-18)17(6)11(4)9-10(2)3/h10-11H,7-9,15H2,1-6H3. The Morgan fingerprint density at radius 3 is 2.44 bits per heavy atom. The molecule has 0 saturated heterocycles. The van der Waals surface area contributed by atoms with Crippen LogP contribution >= 0.6 is 0 Å². The SMILES string of the molecule is CCCn1nc(C)c(N)c1N(C)C(C)CC(C)C. The van der Waals surface area contributed by atoms with Crippen molar-refractivity contribution in [3.63, 3.8) is 0 Å². The highest BCUT2D eigenvalue weighted by Crippen LogP contribution is 2.28. The van der Waals surface area contributed by atoms with Gasteiger partial charge in [0.05, 0.1) is 11.4 Å². The quantitative estimate of drug-likeness (QED) is 0.846. The average Bonchev–Trinajstić information content (AvgIpc) is 2.53. The molecule has 1 aromatic rings. The van der Waals surface area contributed by atoms with Gasteiger partial charge in [0.25, 0.3) is 0 Å². The van der Waals surface area contributed by atoms with E-state index in [1.807, 2.05) is 11.6 Å². The first kappa shape index (κ1) is 14.9. The highest BCUT2D eigenvalue weighted by molar-refractivity contribution is 5.66. The molecule has 0 aliphatic carbocycles. The van der Waals surface area contributed by atoms with Gasteiger partial charge in [0, 0.05) is 19.6 Å². The molecule has 1 aromatic heterocycles. The molecule has 1 rings (SSSR count). The molecule has 0 bridgehead atoms. The zero-order valence-corrected chi connectivity index (χ0v) is 12.7. The summed E-state index contributed by atoms with van der Waals surface area (Å²) < 4.78 is 2.04. The van der Waals surface area contributed by atoms with Gasteiger partial charge in [-0.1, -0.05) is 20.8 Å². The van der Waals surface area contributed by atoms with Crippen LogP contribution in [0.1, 0.15) is 46.2 Å². The van der Waals surface area contributed by atoms with E-state index in [1.165, 1.54) is 0 Å². The summed E-state index contributed by atoms with van der Waals surface area (Å²) in [6.45, 7) is 11.8. The first-order chi connectivity index (χ1) is 8.38. The zero-order chi connectivity index (χ0) is 13.9. The van der Waals surface area contributed by atoms with Gasteiger partial charge in [-0.05, 0) is 32.6 Å². The predicted molar refractivity (Wildman–Crippen MR) is 79.0 cm³/mol. The van der Waals surface area contributed by atoms with Crippen molar-refractivity contribution >= 4 is 11.5 Å². The second-order valence-corrected chi connectivity index (χ2v) is 5.64. The highest BCUT2D eigenvalue weighted by atomic mass is 15.4. The van der Waals surface area contributed by atoms with Crippen LogP contribution < -0.4 is 10.6 Å². The molecule has 4 heteroatoms. The van der Waals surface area contributed by atoms with E-state index in [-0.39, 0.29) is 0 Å². The smallest absolute Gasteiger partial charge is 0.150 e. The van der Waals surface area contributed by atoms with Crippen molar-refractivity contribution in [1.29, 1.82) is 0 Å². The van der Waals surface area contributed by atoms with Crippen LogP contribution in [0.25, 0.3) is 0 Å². The Kier molecular flexibility index (Phi) is 5.05. The van der Waals surface area contributed by atoms with E-state index >= 15 is 0 Å². The summed E-state index contributed by atoms with van der Waals surface area (Å²) in [5.41, 5.74) is 7.93. The molecule has 0 aliphatic heterocycles. The van der Waals surface area contributed by atoms with Crippen LogP contribution in [0.15, 0.2) is 0 Å². The number of nitrogen functional groups attached to an aromatic ring is 1. The molecule has 0 amide bonds. The van der Waals surface area contributed by atoms with Gasteiger partial charge in [-0.15, -0.1) is 0 Å². The lowest BCUT2D eigenvalue weighted by Crippen LogP contribution is -2.32. The van der Waals surface area contributed by atoms with Crippen LogP contribution in [0.2, 0.25) is 0 Å². The molecule has 0 radical (unpaired) electrons. The van der Waals surface area contributed by atoms with Gasteiger partial charge in [-0.25, -0.2) is 4.68 Å². The van der Waals surface area contributed by atoms with E-state index < -0.39 is 0 Å². The van der Waals surface area contributed by atoms with E-state index in [0.717, 1.165) is 36.6 Å². The molecular weight excluding hydrogens is 224 g/mol. The molecule has 104 valence electrons. The fourth-order valence-corrected chi connectivity index (χ4v) is 2.37. The van der Waals surface area contributed by atoms with Crippen molar-refractivity contribution in [2.75, 3.05) is 17.7 Å². The van der Waals surface area contributed by atoms with Crippen LogP contribution in [0.5, 0.6) is 0 Å². The summed E-state index contributed by atoms with van der Waals surface area (Å²) in [7, 11) is 2.12. The molecule has 0 saturated carbocycles. The van der Waals surface area contributed by atoms with Gasteiger partial charge >= 0.3 is 0 Å². The van der Waals surface area contributed by atoms with Crippen molar-refractivity contribution in [1.82, 2.24) is 9.78 Å². The van der Waals surface area contributed by atoms with Gasteiger partial charge in [0.15, 0.2) is 5.82 Å². The van der Waals surface area contributed by atoms with Crippen molar-refractivity contribution in [3.05, 3.63) is 5.69 Å². The van der Waals surface area contributed by atoms with Gasteiger partial charge in [0.2, 0.25) is 0 Å². The molecule has 18 heavy (non-hydrogen) atoms. The Morgan fingerprint density at radius 2 is 1.94 bits per heavy atom. The van der Waals surface area contributed by atoms with Crippen LogP contribution in [0.3, 0.4) is 0 Å². The second-order valence-electron chi connectivity index (χ2n) is 5.64. The summed E-state index contributed by atoms with van der Waals surface area (Å²) in [6, 6.07) is 0.471. The number of aromatic nitrogens is 2. The molecule has 2 N–H and O–H groups in total. The number of nitrogens with zero attached hydrogens (tertiary/aromatic N) is 3. The van der Waals surface area contributed by atoms with Crippen LogP contribution in [-0.4, -0.2) is 22.9 Å². The molecule has 0 fully saturated rings. The lowest BCUT2D eigenvalue weighted by atomic mass is 10.0. The van der Waals surface area contributed by atoms with E-state index in [9.17, 15) is 0 Å². The number of rotatable bonds is 6. The van der Waals surface area contributed by atoms with Crippen molar-refractivity contribution < 1.29 is 0 Å². The van der Waals surface area contributed by atoms with Gasteiger partial charge in [-0.2, -0.15) is 5.10 Å². The average molecular weight is 252 g/mol. The third-order valence-electron chi connectivity index (χ3n) is 3.39. The van der Waals surface area contributed by atoms with Crippen molar-refractivity contribution in [2.45, 2.75) is 60.0 Å². The van der Waals surface area contributed by atoms with E-state index in [0.29, 0.717) is 12.0 Å². The Balaban J connectivity index is 2.99. The number of nitrogens with two attached hydrogens (primary N) is 1. The Morgan fingerprint density at radius 1 is 1.33 bits per heavy atom. The molecule has 0 spiro atoms. The predicted octanol–water partition coefficient (Wildman–Crippen LogP) is 3.05. The summed E-state index contributed by atoms with van der Waals surface area (Å²) in [6.07, 6.45) is 2.23. The minimum absolute atomic E-state index is 0.471. The minimum atomic E-state index is 0.471. The first-order valence-corrected chi connectivity index (χ1v) is 6.94. The molecule has 0 aromatic carbocycles. The maximum absolute atomic E-state index is 6.18. The largest absolute Gasteiger partial charge is 0.394 e. The molecular formula is C14H28N4. The fourth-order valence-electron chi connectivity index (χ4n) is 2.37. The van der Waals surface area contributed by atoms with Gasteiger partial charge < -0.3 is 10.6 Å². The van der Waals surface area contributed by atoms with Crippen molar-refractivity contribution in [3.8, 4) is 0 Å². The maximum atomic E-state index is 6.18. The van der Waals surface area contributed by atoms with Crippen molar-refractivity contribution in [2.24, 2.45) is 5.92 Å². The molecule has 4 nitrogen and oxygen atoms in total. The Hall–Kier alpha value is -1.19. The van der Waals surface area contributed by atoms with E-state index in [4.69, 9.17) is 5.73 Å². The summed E-state index contributed by atoms with van der Waals surface area (Å²) >= 11 is 0. The molecule has 1 heterocycles. The monoisotopic (exact) mass is 252 g/mol. The Bertz CT molecular complexity index is 381. The normalized spacial score (nSPS) is 13.1. The zero-order valence-electron chi connectivity index (χ0n) is 12.7. The molecule has 1 atom stereocenters.